The SMILES string of the molecule is CC/C(=C/C(N)=NC(C)(C=O)CC(C)C)CC1CCN(C(=O)c2cccc(C(C)N)c2)CC1. The molecule has 0 radical (unpaired) electrons. The summed E-state index contributed by atoms with van der Waals surface area (Å²) < 4.78 is 0. The first kappa shape index (κ1) is 26.8. The Kier molecular flexibility index (Phi) is 9.84. The summed E-state index contributed by atoms with van der Waals surface area (Å²) in [6.07, 6.45) is 7.28. The molecule has 1 saturated heterocycles. The normalized spacial score (nSPS) is 18.8. The topological polar surface area (TPSA) is 102 Å². The van der Waals surface area contributed by atoms with E-state index in [2.05, 4.69) is 25.8 Å². The van der Waals surface area contributed by atoms with Crippen molar-refractivity contribution in [2.75, 3.05) is 13.1 Å². The quantitative estimate of drug-likeness (QED) is 0.305. The lowest BCUT2D eigenvalue weighted by Crippen LogP contribution is -2.38. The number of aldehydes is 1. The standard InChI is InChI=1S/C27H42N4O2/c1-6-21(15-25(29)30-27(5,18-32)17-19(2)3)14-22-10-12-31(13-11-22)26(33)24-9-7-8-23(16-24)20(4)28/h7-9,15-16,18-20,22H,6,10-14,17,28H2,1-5H3,(H2,29,30)/b21-15-. The lowest BCUT2D eigenvalue weighted by atomic mass is 9.88. The smallest absolute Gasteiger partial charge is 0.253 e. The maximum atomic E-state index is 13.0. The Morgan fingerprint density at radius 1 is 1.27 bits per heavy atom. The number of likely N-dealkylation sites (tertiary alicyclic amines) is 1. The molecule has 33 heavy (non-hydrogen) atoms. The highest BCUT2D eigenvalue weighted by molar-refractivity contribution is 5.94. The number of nitrogens with zero attached hydrogens (tertiary/aromatic N) is 2. The van der Waals surface area contributed by atoms with Crippen LogP contribution in [0.3, 0.4) is 0 Å². The summed E-state index contributed by atoms with van der Waals surface area (Å²) in [6.45, 7) is 11.5. The number of rotatable bonds is 10. The van der Waals surface area contributed by atoms with Gasteiger partial charge in [0.25, 0.3) is 5.91 Å². The van der Waals surface area contributed by atoms with Gasteiger partial charge in [-0.1, -0.05) is 38.5 Å². The van der Waals surface area contributed by atoms with Crippen LogP contribution in [0.15, 0.2) is 40.9 Å². The fraction of sp³-hybridized carbons (Fsp3) is 0.593. The van der Waals surface area contributed by atoms with Gasteiger partial charge >= 0.3 is 0 Å². The van der Waals surface area contributed by atoms with E-state index in [0.29, 0.717) is 29.7 Å². The van der Waals surface area contributed by atoms with Gasteiger partial charge in [0.15, 0.2) is 0 Å². The van der Waals surface area contributed by atoms with E-state index < -0.39 is 5.54 Å². The Morgan fingerprint density at radius 2 is 1.94 bits per heavy atom. The molecule has 2 atom stereocenters. The van der Waals surface area contributed by atoms with Crippen LogP contribution < -0.4 is 11.5 Å². The average Bonchev–Trinajstić information content (AvgIpc) is 2.78. The van der Waals surface area contributed by atoms with Crippen LogP contribution in [0, 0.1) is 11.8 Å². The van der Waals surface area contributed by atoms with E-state index in [-0.39, 0.29) is 11.9 Å². The van der Waals surface area contributed by atoms with E-state index in [1.54, 1.807) is 0 Å². The van der Waals surface area contributed by atoms with Crippen LogP contribution in [0.25, 0.3) is 0 Å². The summed E-state index contributed by atoms with van der Waals surface area (Å²) in [5.41, 5.74) is 14.3. The molecular formula is C27H42N4O2. The van der Waals surface area contributed by atoms with Crippen LogP contribution in [0.1, 0.15) is 88.7 Å². The van der Waals surface area contributed by atoms with E-state index >= 15 is 0 Å². The van der Waals surface area contributed by atoms with Gasteiger partial charge < -0.3 is 21.2 Å². The molecule has 1 aliphatic heterocycles. The number of allylic oxidation sites excluding steroid dienone is 1. The van der Waals surface area contributed by atoms with E-state index in [0.717, 1.165) is 50.6 Å². The van der Waals surface area contributed by atoms with Gasteiger partial charge in [0, 0.05) is 24.7 Å². The Balaban J connectivity index is 1.98. The number of amidine groups is 1. The van der Waals surface area contributed by atoms with E-state index in [1.807, 2.05) is 49.1 Å². The first-order valence-electron chi connectivity index (χ1n) is 12.2. The molecule has 2 rings (SSSR count). The zero-order valence-corrected chi connectivity index (χ0v) is 21.0. The zero-order chi connectivity index (χ0) is 24.6. The maximum absolute atomic E-state index is 13.0. The molecule has 182 valence electrons. The molecule has 1 heterocycles. The molecule has 1 fully saturated rings. The predicted molar refractivity (Wildman–Crippen MR) is 136 cm³/mol. The number of carbonyl (C=O) groups excluding carboxylic acids is 2. The van der Waals surface area contributed by atoms with Crippen molar-refractivity contribution in [3.8, 4) is 0 Å². The average molecular weight is 455 g/mol. The Morgan fingerprint density at radius 3 is 2.48 bits per heavy atom. The van der Waals surface area contributed by atoms with Gasteiger partial charge in [0.2, 0.25) is 0 Å². The zero-order valence-electron chi connectivity index (χ0n) is 21.0. The molecule has 6 heteroatoms. The van der Waals surface area contributed by atoms with Gasteiger partial charge in [-0.2, -0.15) is 0 Å². The summed E-state index contributed by atoms with van der Waals surface area (Å²) in [4.78, 5) is 31.0. The highest BCUT2D eigenvalue weighted by Gasteiger charge is 2.26. The van der Waals surface area contributed by atoms with Crippen LogP contribution in [0.5, 0.6) is 0 Å². The number of piperidine rings is 1. The minimum atomic E-state index is -0.779. The molecule has 1 amide bonds. The monoisotopic (exact) mass is 454 g/mol. The fourth-order valence-corrected chi connectivity index (χ4v) is 4.64. The maximum Gasteiger partial charge on any atom is 0.253 e. The van der Waals surface area contributed by atoms with Gasteiger partial charge in [0.1, 0.15) is 17.7 Å². The summed E-state index contributed by atoms with van der Waals surface area (Å²) >= 11 is 0. The lowest BCUT2D eigenvalue weighted by molar-refractivity contribution is -0.112. The van der Waals surface area contributed by atoms with Crippen molar-refractivity contribution in [2.24, 2.45) is 28.3 Å². The summed E-state index contributed by atoms with van der Waals surface area (Å²) in [6, 6.07) is 7.55. The van der Waals surface area contributed by atoms with Crippen LogP contribution in [0.4, 0.5) is 0 Å². The second-order valence-electron chi connectivity index (χ2n) is 10.1. The molecular weight excluding hydrogens is 412 g/mol. The minimum absolute atomic E-state index is 0.0804. The first-order valence-corrected chi connectivity index (χ1v) is 12.2. The van der Waals surface area contributed by atoms with E-state index in [9.17, 15) is 9.59 Å². The molecule has 1 aliphatic rings. The molecule has 0 bridgehead atoms. The molecule has 0 aliphatic carbocycles. The third-order valence-electron chi connectivity index (χ3n) is 6.38. The summed E-state index contributed by atoms with van der Waals surface area (Å²) in [5.74, 6) is 1.37. The highest BCUT2D eigenvalue weighted by Crippen LogP contribution is 2.27. The van der Waals surface area contributed by atoms with E-state index in [1.165, 1.54) is 5.57 Å². The van der Waals surface area contributed by atoms with Crippen LogP contribution in [-0.2, 0) is 4.79 Å². The molecule has 1 aromatic carbocycles. The predicted octanol–water partition coefficient (Wildman–Crippen LogP) is 4.65. The molecule has 0 saturated carbocycles. The lowest BCUT2D eigenvalue weighted by Gasteiger charge is -2.32. The van der Waals surface area contributed by atoms with Crippen molar-refractivity contribution in [2.45, 2.75) is 78.3 Å². The second-order valence-corrected chi connectivity index (χ2v) is 10.1. The molecule has 4 N–H and O–H groups in total. The van der Waals surface area contributed by atoms with Crippen molar-refractivity contribution in [1.82, 2.24) is 4.90 Å². The van der Waals surface area contributed by atoms with Crippen LogP contribution in [-0.4, -0.2) is 41.6 Å². The number of amides is 1. The van der Waals surface area contributed by atoms with Gasteiger partial charge in [-0.05, 0) is 81.6 Å². The summed E-state index contributed by atoms with van der Waals surface area (Å²) in [5, 5.41) is 0. The van der Waals surface area contributed by atoms with Crippen molar-refractivity contribution in [3.63, 3.8) is 0 Å². The third kappa shape index (κ3) is 8.11. The van der Waals surface area contributed by atoms with Crippen LogP contribution >= 0.6 is 0 Å². The Labute approximate surface area is 199 Å². The van der Waals surface area contributed by atoms with Crippen molar-refractivity contribution >= 4 is 18.0 Å². The number of carbonyl (C=O) groups is 2. The minimum Gasteiger partial charge on any atom is -0.384 e. The fourth-order valence-electron chi connectivity index (χ4n) is 4.64. The van der Waals surface area contributed by atoms with Crippen molar-refractivity contribution in [3.05, 3.63) is 47.0 Å². The van der Waals surface area contributed by atoms with E-state index in [4.69, 9.17) is 11.5 Å². The Hall–Kier alpha value is -2.47. The second kappa shape index (κ2) is 12.1. The van der Waals surface area contributed by atoms with Gasteiger partial charge in [-0.3, -0.25) is 9.79 Å². The number of hydrogen-bond donors (Lipinski definition) is 2. The molecule has 0 aromatic heterocycles. The van der Waals surface area contributed by atoms with Crippen molar-refractivity contribution < 1.29 is 9.59 Å². The molecule has 1 aromatic rings. The number of nitrogens with two attached hydrogens (primary N) is 2. The largest absolute Gasteiger partial charge is 0.384 e. The summed E-state index contributed by atoms with van der Waals surface area (Å²) in [7, 11) is 0. The van der Waals surface area contributed by atoms with Crippen LogP contribution in [0.2, 0.25) is 0 Å². The molecule has 6 nitrogen and oxygen atoms in total. The third-order valence-corrected chi connectivity index (χ3v) is 6.38. The van der Waals surface area contributed by atoms with Gasteiger partial charge in [-0.25, -0.2) is 0 Å². The molecule has 0 spiro atoms. The number of benzene rings is 1. The van der Waals surface area contributed by atoms with Gasteiger partial charge in [-0.15, -0.1) is 0 Å². The Bertz CT molecular complexity index is 867. The first-order chi connectivity index (χ1) is 15.6. The number of aliphatic imine (C=N–C) groups is 1. The molecule has 2 unspecified atom stereocenters. The van der Waals surface area contributed by atoms with Gasteiger partial charge in [0.05, 0.1) is 0 Å². The van der Waals surface area contributed by atoms with Crippen molar-refractivity contribution in [1.29, 1.82) is 0 Å². The number of hydrogen-bond acceptors (Lipinski definition) is 4. The highest BCUT2D eigenvalue weighted by atomic mass is 16.2.